The Morgan fingerprint density at radius 3 is 2.50 bits per heavy atom. The fourth-order valence-electron chi connectivity index (χ4n) is 3.97. The van der Waals surface area contributed by atoms with E-state index in [4.69, 9.17) is 0 Å². The van der Waals surface area contributed by atoms with E-state index in [2.05, 4.69) is 10.3 Å². The van der Waals surface area contributed by atoms with Gasteiger partial charge in [-0.05, 0) is 41.5 Å². The minimum Gasteiger partial charge on any atom is -0.311 e. The Hall–Kier alpha value is -3.29. The van der Waals surface area contributed by atoms with Crippen molar-refractivity contribution in [1.29, 1.82) is 0 Å². The first-order valence-corrected chi connectivity index (χ1v) is 10.1. The quantitative estimate of drug-likeness (QED) is 0.588. The van der Waals surface area contributed by atoms with Gasteiger partial charge >= 0.3 is 6.03 Å². The topological polar surface area (TPSA) is 71.3 Å². The number of alkyl halides is 1. The van der Waals surface area contributed by atoms with Crippen molar-refractivity contribution in [2.75, 3.05) is 13.6 Å². The van der Waals surface area contributed by atoms with Crippen LogP contribution in [0, 0.1) is 5.92 Å². The second-order valence-electron chi connectivity index (χ2n) is 8.10. The summed E-state index contributed by atoms with van der Waals surface area (Å²) in [6.45, 7) is 0.673. The lowest BCUT2D eigenvalue weighted by Gasteiger charge is -2.15. The molecule has 154 valence electrons. The summed E-state index contributed by atoms with van der Waals surface area (Å²) in [4.78, 5) is 26.4. The van der Waals surface area contributed by atoms with Crippen LogP contribution in [0.15, 0.2) is 36.4 Å². The molecule has 2 aromatic carbocycles. The molecule has 3 amide bonds. The number of halogens is 1. The lowest BCUT2D eigenvalue weighted by atomic mass is 9.98. The normalized spacial score (nSPS) is 16.9. The number of likely N-dealkylation sites (N-methyl/N-ethyl adjacent to an activating group) is 1. The van der Waals surface area contributed by atoms with E-state index in [1.807, 2.05) is 41.1 Å². The van der Waals surface area contributed by atoms with E-state index in [0.717, 1.165) is 33.7 Å². The number of fused-ring (bicyclic) bond motifs is 1. The summed E-state index contributed by atoms with van der Waals surface area (Å²) < 4.78 is 15.9. The first-order chi connectivity index (χ1) is 14.5. The van der Waals surface area contributed by atoms with Crippen LogP contribution in [0.3, 0.4) is 0 Å². The van der Waals surface area contributed by atoms with Gasteiger partial charge in [-0.2, -0.15) is 0 Å². The number of urea groups is 1. The maximum Gasteiger partial charge on any atom is 0.327 e. The molecule has 0 N–H and O–H groups in total. The van der Waals surface area contributed by atoms with Crippen molar-refractivity contribution in [2.45, 2.75) is 32.6 Å². The van der Waals surface area contributed by atoms with E-state index < -0.39 is 6.67 Å². The molecule has 2 fully saturated rings. The number of aromatic nitrogens is 3. The number of benzene rings is 2. The Labute approximate surface area is 173 Å². The van der Waals surface area contributed by atoms with Crippen LogP contribution in [0.4, 0.5) is 9.18 Å². The summed E-state index contributed by atoms with van der Waals surface area (Å²) in [6, 6.07) is 11.2. The molecule has 7 nitrogen and oxygen atoms in total. The molecule has 2 aliphatic rings. The van der Waals surface area contributed by atoms with Crippen molar-refractivity contribution in [1.82, 2.24) is 24.8 Å². The molecule has 1 aliphatic carbocycles. The van der Waals surface area contributed by atoms with E-state index in [1.165, 1.54) is 24.8 Å². The highest BCUT2D eigenvalue weighted by atomic mass is 19.1. The van der Waals surface area contributed by atoms with Crippen LogP contribution in [0.2, 0.25) is 0 Å². The molecule has 8 heteroatoms. The minimum atomic E-state index is -0.618. The molecule has 3 aromatic rings. The summed E-state index contributed by atoms with van der Waals surface area (Å²) >= 11 is 0. The van der Waals surface area contributed by atoms with E-state index in [-0.39, 0.29) is 18.5 Å². The van der Waals surface area contributed by atoms with Crippen LogP contribution in [-0.2, 0) is 24.6 Å². The van der Waals surface area contributed by atoms with Crippen molar-refractivity contribution < 1.29 is 14.0 Å². The molecule has 0 bridgehead atoms. The summed E-state index contributed by atoms with van der Waals surface area (Å²) in [7, 11) is 1.49. The minimum absolute atomic E-state index is 0.0935. The Morgan fingerprint density at radius 2 is 1.87 bits per heavy atom. The molecule has 30 heavy (non-hydrogen) atoms. The van der Waals surface area contributed by atoms with Gasteiger partial charge in [0, 0.05) is 25.7 Å². The summed E-state index contributed by atoms with van der Waals surface area (Å²) in [6.07, 6.45) is 2.43. The first kappa shape index (κ1) is 18.7. The Balaban J connectivity index is 1.41. The zero-order valence-corrected chi connectivity index (χ0v) is 16.7. The third-order valence-corrected chi connectivity index (χ3v) is 5.95. The summed E-state index contributed by atoms with van der Waals surface area (Å²) in [5, 5.41) is 8.50. The van der Waals surface area contributed by atoms with Gasteiger partial charge in [-0.15, -0.1) is 5.10 Å². The molecule has 0 radical (unpaired) electrons. The van der Waals surface area contributed by atoms with Crippen molar-refractivity contribution in [3.8, 4) is 11.1 Å². The molecular formula is C22H22FN5O2. The molecule has 0 spiro atoms. The van der Waals surface area contributed by atoms with Crippen LogP contribution in [0.25, 0.3) is 22.2 Å². The lowest BCUT2D eigenvalue weighted by Crippen LogP contribution is -2.29. The average Bonchev–Trinajstić information content (AvgIpc) is 3.44. The number of imide groups is 1. The first-order valence-electron chi connectivity index (χ1n) is 10.1. The Bertz CT molecular complexity index is 1140. The van der Waals surface area contributed by atoms with Gasteiger partial charge in [0.05, 0.1) is 5.52 Å². The monoisotopic (exact) mass is 407 g/mol. The average molecular weight is 407 g/mol. The molecule has 0 atom stereocenters. The maximum absolute atomic E-state index is 14.0. The van der Waals surface area contributed by atoms with Gasteiger partial charge in [0.1, 0.15) is 18.7 Å². The predicted molar refractivity (Wildman–Crippen MR) is 109 cm³/mol. The largest absolute Gasteiger partial charge is 0.327 e. The fourth-order valence-corrected chi connectivity index (χ4v) is 3.97. The number of nitrogens with zero attached hydrogens (tertiary/aromatic N) is 5. The van der Waals surface area contributed by atoms with E-state index >= 15 is 0 Å². The van der Waals surface area contributed by atoms with Crippen molar-refractivity contribution in [2.24, 2.45) is 5.92 Å². The number of rotatable bonds is 6. The van der Waals surface area contributed by atoms with Gasteiger partial charge in [-0.3, -0.25) is 9.69 Å². The SMILES string of the molecule is CN1C(=O)CN(Cc2ccc(-c3ccc4c(nnn4CC4CC4)c3CF)cc2)C1=O. The molecule has 1 saturated heterocycles. The van der Waals surface area contributed by atoms with Crippen LogP contribution in [0.1, 0.15) is 24.0 Å². The Kier molecular flexibility index (Phi) is 4.49. The van der Waals surface area contributed by atoms with Gasteiger partial charge in [0.25, 0.3) is 0 Å². The molecular weight excluding hydrogens is 385 g/mol. The number of hydrogen-bond donors (Lipinski definition) is 0. The molecule has 5 rings (SSSR count). The smallest absolute Gasteiger partial charge is 0.311 e. The summed E-state index contributed by atoms with van der Waals surface area (Å²) in [5.74, 6) is 0.459. The number of carbonyl (C=O) groups is 2. The van der Waals surface area contributed by atoms with Crippen molar-refractivity contribution in [3.05, 3.63) is 47.5 Å². The number of carbonyl (C=O) groups excluding carboxylic acids is 2. The van der Waals surface area contributed by atoms with E-state index in [0.29, 0.717) is 23.5 Å². The van der Waals surface area contributed by atoms with Gasteiger partial charge in [-0.25, -0.2) is 13.9 Å². The third-order valence-electron chi connectivity index (χ3n) is 5.95. The number of amides is 3. The van der Waals surface area contributed by atoms with E-state index in [9.17, 15) is 14.0 Å². The zero-order valence-electron chi connectivity index (χ0n) is 16.7. The maximum atomic E-state index is 14.0. The van der Waals surface area contributed by atoms with Crippen LogP contribution in [-0.4, -0.2) is 50.3 Å². The lowest BCUT2D eigenvalue weighted by molar-refractivity contribution is -0.124. The molecule has 2 heterocycles. The molecule has 1 saturated carbocycles. The van der Waals surface area contributed by atoms with Gasteiger partial charge in [0.2, 0.25) is 5.91 Å². The van der Waals surface area contributed by atoms with Crippen molar-refractivity contribution >= 4 is 23.0 Å². The molecule has 1 aromatic heterocycles. The van der Waals surface area contributed by atoms with Crippen LogP contribution >= 0.6 is 0 Å². The van der Waals surface area contributed by atoms with Crippen LogP contribution in [0.5, 0.6) is 0 Å². The molecule has 0 unspecified atom stereocenters. The van der Waals surface area contributed by atoms with Crippen LogP contribution < -0.4 is 0 Å². The van der Waals surface area contributed by atoms with Gasteiger partial charge in [-0.1, -0.05) is 35.5 Å². The Morgan fingerprint density at radius 1 is 1.10 bits per heavy atom. The predicted octanol–water partition coefficient (Wildman–Crippen LogP) is 3.37. The second kappa shape index (κ2) is 7.19. The van der Waals surface area contributed by atoms with Crippen molar-refractivity contribution in [3.63, 3.8) is 0 Å². The highest BCUT2D eigenvalue weighted by Gasteiger charge is 2.32. The highest BCUT2D eigenvalue weighted by molar-refractivity contribution is 6.01. The zero-order chi connectivity index (χ0) is 20.8. The number of hydrogen-bond acceptors (Lipinski definition) is 4. The molecule has 1 aliphatic heterocycles. The highest BCUT2D eigenvalue weighted by Crippen LogP contribution is 2.34. The summed E-state index contributed by atoms with van der Waals surface area (Å²) in [5.41, 5.74) is 4.62. The second-order valence-corrected chi connectivity index (χ2v) is 8.10. The van der Waals surface area contributed by atoms with E-state index in [1.54, 1.807) is 0 Å². The third kappa shape index (κ3) is 3.22. The van der Waals surface area contributed by atoms with Gasteiger partial charge in [0.15, 0.2) is 0 Å². The standard InChI is InChI=1S/C22H22FN5O2/c1-26-20(29)13-27(22(26)30)11-14-4-6-16(7-5-14)17-8-9-19-21(18(17)10-23)24-25-28(19)12-15-2-3-15/h4-9,15H,2-3,10-13H2,1H3. The fraction of sp³-hybridized carbons (Fsp3) is 0.364. The van der Waals surface area contributed by atoms with Gasteiger partial charge < -0.3 is 4.90 Å².